The highest BCUT2D eigenvalue weighted by Gasteiger charge is 2.32. The molecule has 0 saturated carbocycles. The van der Waals surface area contributed by atoms with Crippen LogP contribution in [0.2, 0.25) is 0 Å². The minimum Gasteiger partial charge on any atom is -0.357 e. The predicted molar refractivity (Wildman–Crippen MR) is 109 cm³/mol. The van der Waals surface area contributed by atoms with Gasteiger partial charge in [-0.2, -0.15) is 18.3 Å². The van der Waals surface area contributed by atoms with E-state index in [1.807, 2.05) is 18.9 Å². The molecule has 28 heavy (non-hydrogen) atoms. The summed E-state index contributed by atoms with van der Waals surface area (Å²) in [5.41, 5.74) is -0.986. The fraction of sp³-hybridized carbons (Fsp3) is 0.533. The van der Waals surface area contributed by atoms with Crippen LogP contribution in [0, 0.1) is 0 Å². The number of nitrogens with one attached hydrogen (secondary N) is 2. The molecule has 0 spiro atoms. The van der Waals surface area contributed by atoms with E-state index in [-0.39, 0.29) is 36.5 Å². The van der Waals surface area contributed by atoms with E-state index in [0.717, 1.165) is 18.1 Å². The van der Waals surface area contributed by atoms with Crippen molar-refractivity contribution in [1.82, 2.24) is 34.9 Å². The van der Waals surface area contributed by atoms with Crippen LogP contribution >= 0.6 is 24.0 Å². The molecule has 2 N–H and O–H groups in total. The molecule has 0 unspecified atom stereocenters. The minimum atomic E-state index is -4.50. The van der Waals surface area contributed by atoms with E-state index in [9.17, 15) is 13.2 Å². The normalized spacial score (nSPS) is 11.7. The monoisotopic (exact) mass is 513 g/mol. The maximum Gasteiger partial charge on any atom is 0.433 e. The molecule has 0 aromatic carbocycles. The molecule has 0 saturated heterocycles. The Hall–Kier alpha value is -2.19. The average Bonchev–Trinajstić information content (AvgIpc) is 3.02. The second kappa shape index (κ2) is 11.0. The summed E-state index contributed by atoms with van der Waals surface area (Å²) in [4.78, 5) is 17.7. The second-order valence-electron chi connectivity index (χ2n) is 5.58. The first-order valence-corrected chi connectivity index (χ1v) is 8.27. The zero-order valence-corrected chi connectivity index (χ0v) is 18.1. The Kier molecular flexibility index (Phi) is 9.34. The highest BCUT2D eigenvalue weighted by Crippen LogP contribution is 2.27. The van der Waals surface area contributed by atoms with E-state index in [0.29, 0.717) is 25.6 Å². The van der Waals surface area contributed by atoms with Crippen LogP contribution in [-0.2, 0) is 19.8 Å². The molecule has 2 heterocycles. The number of anilines is 1. The Bertz CT molecular complexity index is 763. The number of hydrogen-bond donors (Lipinski definition) is 2. The molecule has 0 aliphatic heterocycles. The van der Waals surface area contributed by atoms with Gasteiger partial charge in [0.25, 0.3) is 0 Å². The molecule has 0 atom stereocenters. The molecule has 9 nitrogen and oxygen atoms in total. The smallest absolute Gasteiger partial charge is 0.357 e. The molecular weight excluding hydrogens is 490 g/mol. The van der Waals surface area contributed by atoms with Gasteiger partial charge in [-0.25, -0.2) is 15.0 Å². The van der Waals surface area contributed by atoms with E-state index in [2.05, 4.69) is 35.7 Å². The van der Waals surface area contributed by atoms with Crippen molar-refractivity contribution in [2.24, 2.45) is 12.0 Å². The fourth-order valence-electron chi connectivity index (χ4n) is 2.15. The summed E-state index contributed by atoms with van der Waals surface area (Å²) in [7, 11) is 3.67. The summed E-state index contributed by atoms with van der Waals surface area (Å²) in [5.74, 6) is 1.34. The Morgan fingerprint density at radius 1 is 1.32 bits per heavy atom. The number of nitrogens with zero attached hydrogens (tertiary/aromatic N) is 7. The number of alkyl halides is 3. The minimum absolute atomic E-state index is 0. The van der Waals surface area contributed by atoms with Crippen molar-refractivity contribution in [1.29, 1.82) is 0 Å². The lowest BCUT2D eigenvalue weighted by atomic mass is 10.4. The Labute approximate surface area is 177 Å². The van der Waals surface area contributed by atoms with E-state index in [1.165, 1.54) is 6.33 Å². The van der Waals surface area contributed by atoms with Crippen molar-refractivity contribution in [3.05, 3.63) is 30.1 Å². The molecule has 13 heteroatoms. The van der Waals surface area contributed by atoms with Gasteiger partial charge in [-0.15, -0.1) is 24.0 Å². The van der Waals surface area contributed by atoms with Crippen LogP contribution in [0.4, 0.5) is 19.1 Å². The number of hydrogen-bond acceptors (Lipinski definition) is 6. The maximum absolute atomic E-state index is 12.7. The van der Waals surface area contributed by atoms with Crippen LogP contribution in [0.3, 0.4) is 0 Å². The van der Waals surface area contributed by atoms with Gasteiger partial charge >= 0.3 is 6.18 Å². The van der Waals surface area contributed by atoms with Crippen molar-refractivity contribution >= 4 is 35.9 Å². The van der Waals surface area contributed by atoms with Crippen LogP contribution in [0.15, 0.2) is 23.6 Å². The Morgan fingerprint density at radius 3 is 2.68 bits per heavy atom. The molecular formula is C15H23F3IN9. The summed E-state index contributed by atoms with van der Waals surface area (Å²) < 4.78 is 39.6. The lowest BCUT2D eigenvalue weighted by Gasteiger charge is -2.21. The van der Waals surface area contributed by atoms with E-state index in [1.54, 1.807) is 11.7 Å². The van der Waals surface area contributed by atoms with Crippen LogP contribution in [0.25, 0.3) is 0 Å². The van der Waals surface area contributed by atoms with Gasteiger partial charge in [0.2, 0.25) is 5.95 Å². The molecule has 0 aliphatic carbocycles. The molecule has 0 amide bonds. The average molecular weight is 513 g/mol. The summed E-state index contributed by atoms with van der Waals surface area (Å²) in [6, 6.07) is 0.827. The second-order valence-corrected chi connectivity index (χ2v) is 5.58. The van der Waals surface area contributed by atoms with Gasteiger partial charge < -0.3 is 15.5 Å². The molecule has 0 fully saturated rings. The van der Waals surface area contributed by atoms with Crippen LogP contribution < -0.4 is 10.6 Å². The number of guanidine groups is 1. The van der Waals surface area contributed by atoms with Crippen molar-refractivity contribution in [3.63, 3.8) is 0 Å². The zero-order valence-electron chi connectivity index (χ0n) is 15.7. The standard InChI is InChI=1S/C15H22F3N9.HI/c1-4-19-14(26(2)9-12-23-10-24-27(12)3)22-8-7-21-13-20-6-5-11(25-13)15(16,17)18;/h5-6,10H,4,7-9H2,1-3H3,(H,19,22)(H,20,21,25);1H. The van der Waals surface area contributed by atoms with E-state index in [4.69, 9.17) is 0 Å². The SMILES string of the molecule is CCNC(=NCCNc1nccc(C(F)(F)F)n1)N(C)Cc1ncnn1C.I. The van der Waals surface area contributed by atoms with Crippen LogP contribution in [0.1, 0.15) is 18.4 Å². The van der Waals surface area contributed by atoms with Crippen molar-refractivity contribution < 1.29 is 13.2 Å². The van der Waals surface area contributed by atoms with Gasteiger partial charge in [0.05, 0.1) is 13.1 Å². The predicted octanol–water partition coefficient (Wildman–Crippen LogP) is 1.75. The molecule has 2 aromatic rings. The summed E-state index contributed by atoms with van der Waals surface area (Å²) >= 11 is 0. The third kappa shape index (κ3) is 7.09. The quantitative estimate of drug-likeness (QED) is 0.252. The summed E-state index contributed by atoms with van der Waals surface area (Å²) in [6.07, 6.45) is -1.95. The largest absolute Gasteiger partial charge is 0.433 e. The van der Waals surface area contributed by atoms with E-state index >= 15 is 0 Å². The molecule has 156 valence electrons. The third-order valence-electron chi connectivity index (χ3n) is 3.48. The highest BCUT2D eigenvalue weighted by atomic mass is 127. The van der Waals surface area contributed by atoms with Crippen molar-refractivity contribution in [2.45, 2.75) is 19.6 Å². The van der Waals surface area contributed by atoms with Crippen molar-refractivity contribution in [3.8, 4) is 0 Å². The van der Waals surface area contributed by atoms with Gasteiger partial charge in [-0.3, -0.25) is 9.67 Å². The molecule has 2 rings (SSSR count). The first-order chi connectivity index (χ1) is 12.8. The molecule has 0 aliphatic rings. The first kappa shape index (κ1) is 23.8. The first-order valence-electron chi connectivity index (χ1n) is 8.27. The van der Waals surface area contributed by atoms with Crippen molar-refractivity contribution in [2.75, 3.05) is 32.0 Å². The Balaban J connectivity index is 0.00000392. The number of aromatic nitrogens is 5. The zero-order chi connectivity index (χ0) is 19.9. The van der Waals surface area contributed by atoms with Gasteiger partial charge in [0.15, 0.2) is 5.96 Å². The topological polar surface area (TPSA) is 96.2 Å². The Morgan fingerprint density at radius 2 is 2.07 bits per heavy atom. The molecule has 0 radical (unpaired) electrons. The van der Waals surface area contributed by atoms with Gasteiger partial charge in [0, 0.05) is 33.4 Å². The highest BCUT2D eigenvalue weighted by molar-refractivity contribution is 14.0. The van der Waals surface area contributed by atoms with Gasteiger partial charge in [-0.05, 0) is 13.0 Å². The lowest BCUT2D eigenvalue weighted by molar-refractivity contribution is -0.141. The van der Waals surface area contributed by atoms with Crippen LogP contribution in [-0.4, -0.2) is 62.3 Å². The third-order valence-corrected chi connectivity index (χ3v) is 3.48. The fourth-order valence-corrected chi connectivity index (χ4v) is 2.15. The van der Waals surface area contributed by atoms with Gasteiger partial charge in [-0.1, -0.05) is 0 Å². The summed E-state index contributed by atoms with van der Waals surface area (Å²) in [5, 5.41) is 9.92. The van der Waals surface area contributed by atoms with Crippen LogP contribution in [0.5, 0.6) is 0 Å². The summed E-state index contributed by atoms with van der Waals surface area (Å²) in [6.45, 7) is 3.73. The van der Waals surface area contributed by atoms with E-state index < -0.39 is 11.9 Å². The van der Waals surface area contributed by atoms with Gasteiger partial charge in [0.1, 0.15) is 17.8 Å². The number of halogens is 4. The number of aryl methyl sites for hydroxylation is 1. The maximum atomic E-state index is 12.7. The number of rotatable bonds is 7. The lowest BCUT2D eigenvalue weighted by Crippen LogP contribution is -2.39. The molecule has 2 aromatic heterocycles. The number of aliphatic imine (C=N–C) groups is 1. The molecule has 0 bridgehead atoms.